The normalized spacial score (nSPS) is 15.7. The zero-order chi connectivity index (χ0) is 17.4. The molecule has 0 radical (unpaired) electrons. The second kappa shape index (κ2) is 6.24. The summed E-state index contributed by atoms with van der Waals surface area (Å²) < 4.78 is -0.0502. The Morgan fingerprint density at radius 3 is 2.72 bits per heavy atom. The number of carbonyl (C=O) groups excluding carboxylic acids is 1. The van der Waals surface area contributed by atoms with E-state index in [0.717, 1.165) is 10.6 Å². The molecule has 3 heterocycles. The van der Waals surface area contributed by atoms with Gasteiger partial charge in [-0.3, -0.25) is 4.79 Å². The van der Waals surface area contributed by atoms with Gasteiger partial charge >= 0.3 is 0 Å². The van der Waals surface area contributed by atoms with Gasteiger partial charge in [-0.25, -0.2) is 15.0 Å². The van der Waals surface area contributed by atoms with Gasteiger partial charge in [0.25, 0.3) is 5.91 Å². The molecule has 0 unspecified atom stereocenters. The number of hydrogen-bond donors (Lipinski definition) is 0. The van der Waals surface area contributed by atoms with Crippen LogP contribution < -0.4 is 4.90 Å². The van der Waals surface area contributed by atoms with E-state index in [1.165, 1.54) is 11.3 Å². The molecule has 0 fully saturated rings. The summed E-state index contributed by atoms with van der Waals surface area (Å²) in [5.74, 6) is 0.459. The van der Waals surface area contributed by atoms with Gasteiger partial charge in [-0.05, 0) is 32.0 Å². The summed E-state index contributed by atoms with van der Waals surface area (Å²) in [5, 5.41) is 2.44. The van der Waals surface area contributed by atoms with Gasteiger partial charge in [-0.15, -0.1) is 23.1 Å². The lowest BCUT2D eigenvalue weighted by Gasteiger charge is -2.38. The highest BCUT2D eigenvalue weighted by Gasteiger charge is 2.35. The third-order valence-electron chi connectivity index (χ3n) is 3.81. The van der Waals surface area contributed by atoms with Crippen LogP contribution in [-0.4, -0.2) is 32.2 Å². The Morgan fingerprint density at radius 2 is 1.92 bits per heavy atom. The molecule has 7 heteroatoms. The van der Waals surface area contributed by atoms with Crippen molar-refractivity contribution in [1.82, 2.24) is 15.0 Å². The number of hydrogen-bond acceptors (Lipinski definition) is 6. The number of carbonyl (C=O) groups is 1. The van der Waals surface area contributed by atoms with Crippen LogP contribution >= 0.6 is 23.1 Å². The van der Waals surface area contributed by atoms with Crippen LogP contribution in [0.5, 0.6) is 0 Å². The molecule has 25 heavy (non-hydrogen) atoms. The fourth-order valence-electron chi connectivity index (χ4n) is 2.77. The number of anilines is 1. The van der Waals surface area contributed by atoms with Gasteiger partial charge in [0.05, 0.1) is 5.69 Å². The lowest BCUT2D eigenvalue weighted by atomic mass is 10.1. The minimum atomic E-state index is -0.0840. The Morgan fingerprint density at radius 1 is 1.16 bits per heavy atom. The Kier molecular flexibility index (Phi) is 4.05. The van der Waals surface area contributed by atoms with Crippen molar-refractivity contribution in [3.05, 3.63) is 53.8 Å². The highest BCUT2D eigenvalue weighted by Crippen LogP contribution is 2.44. The molecule has 0 bridgehead atoms. The first-order valence-corrected chi connectivity index (χ1v) is 9.56. The molecule has 2 aromatic heterocycles. The number of aromatic nitrogens is 3. The molecule has 0 saturated carbocycles. The average molecular weight is 368 g/mol. The summed E-state index contributed by atoms with van der Waals surface area (Å²) in [6.07, 6.45) is 3.34. The largest absolute Gasteiger partial charge is 0.304 e. The molecule has 5 nitrogen and oxygen atoms in total. The highest BCUT2D eigenvalue weighted by atomic mass is 32.2. The summed E-state index contributed by atoms with van der Waals surface area (Å²) in [5.41, 5.74) is 1.38. The van der Waals surface area contributed by atoms with Crippen LogP contribution in [0.25, 0.3) is 10.8 Å². The Labute approximate surface area is 154 Å². The van der Waals surface area contributed by atoms with E-state index in [0.29, 0.717) is 23.1 Å². The first-order chi connectivity index (χ1) is 12.0. The SMILES string of the molecule is CC1(C)CN(C(=O)c2csc(-c3ncccn3)n2)c2ccccc2S1. The van der Waals surface area contributed by atoms with Crippen LogP contribution in [0.2, 0.25) is 0 Å². The van der Waals surface area contributed by atoms with Crippen molar-refractivity contribution < 1.29 is 4.79 Å². The minimum absolute atomic E-state index is 0.0502. The molecule has 0 atom stereocenters. The summed E-state index contributed by atoms with van der Waals surface area (Å²) in [7, 11) is 0. The predicted molar refractivity (Wildman–Crippen MR) is 101 cm³/mol. The molecular weight excluding hydrogens is 352 g/mol. The molecule has 0 N–H and O–H groups in total. The standard InChI is InChI=1S/C18H16N4OS2/c1-18(2)11-22(13-6-3-4-7-14(13)25-18)17(23)12-10-24-16(21-12)15-19-8-5-9-20-15/h3-10H,11H2,1-2H3. The van der Waals surface area contributed by atoms with Crippen molar-refractivity contribution >= 4 is 34.7 Å². The molecule has 1 aliphatic heterocycles. The Hall–Kier alpha value is -2.25. The van der Waals surface area contributed by atoms with Crippen molar-refractivity contribution in [2.75, 3.05) is 11.4 Å². The maximum atomic E-state index is 13.1. The van der Waals surface area contributed by atoms with Crippen LogP contribution in [0, 0.1) is 0 Å². The number of fused-ring (bicyclic) bond motifs is 1. The summed E-state index contributed by atoms with van der Waals surface area (Å²) in [6.45, 7) is 4.94. The molecule has 0 spiro atoms. The number of para-hydroxylation sites is 1. The predicted octanol–water partition coefficient (Wildman–Crippen LogP) is 4.13. The quantitative estimate of drug-likeness (QED) is 0.681. The van der Waals surface area contributed by atoms with E-state index in [4.69, 9.17) is 0 Å². The highest BCUT2D eigenvalue weighted by molar-refractivity contribution is 8.00. The molecule has 0 aliphatic carbocycles. The zero-order valence-corrected chi connectivity index (χ0v) is 15.5. The van der Waals surface area contributed by atoms with E-state index < -0.39 is 0 Å². The molecule has 0 saturated heterocycles. The molecule has 1 amide bonds. The van der Waals surface area contributed by atoms with Gasteiger partial charge in [0.15, 0.2) is 10.8 Å². The second-order valence-electron chi connectivity index (χ2n) is 6.33. The van der Waals surface area contributed by atoms with Crippen molar-refractivity contribution in [3.8, 4) is 10.8 Å². The third kappa shape index (κ3) is 3.17. The van der Waals surface area contributed by atoms with E-state index in [-0.39, 0.29) is 10.7 Å². The molecule has 126 valence electrons. The maximum Gasteiger partial charge on any atom is 0.277 e. The lowest BCUT2D eigenvalue weighted by molar-refractivity contribution is 0.0980. The van der Waals surface area contributed by atoms with E-state index >= 15 is 0 Å². The summed E-state index contributed by atoms with van der Waals surface area (Å²) in [6, 6.07) is 9.77. The minimum Gasteiger partial charge on any atom is -0.304 e. The fraction of sp³-hybridized carbons (Fsp3) is 0.222. The topological polar surface area (TPSA) is 59.0 Å². The van der Waals surface area contributed by atoms with Crippen molar-refractivity contribution in [1.29, 1.82) is 0 Å². The zero-order valence-electron chi connectivity index (χ0n) is 13.8. The van der Waals surface area contributed by atoms with Crippen LogP contribution in [0.4, 0.5) is 5.69 Å². The van der Waals surface area contributed by atoms with Gasteiger partial charge < -0.3 is 4.90 Å². The van der Waals surface area contributed by atoms with E-state index in [1.54, 1.807) is 35.6 Å². The van der Waals surface area contributed by atoms with Gasteiger partial charge in [0.1, 0.15) is 5.69 Å². The van der Waals surface area contributed by atoms with Crippen LogP contribution in [0.1, 0.15) is 24.3 Å². The van der Waals surface area contributed by atoms with Crippen LogP contribution in [0.15, 0.2) is 53.0 Å². The Bertz CT molecular complexity index is 924. The molecular formula is C18H16N4OS2. The van der Waals surface area contributed by atoms with Crippen LogP contribution in [-0.2, 0) is 0 Å². The van der Waals surface area contributed by atoms with Crippen molar-refractivity contribution in [3.63, 3.8) is 0 Å². The van der Waals surface area contributed by atoms with Crippen molar-refractivity contribution in [2.45, 2.75) is 23.5 Å². The number of benzene rings is 1. The molecule has 3 aromatic rings. The first-order valence-electron chi connectivity index (χ1n) is 7.86. The lowest BCUT2D eigenvalue weighted by Crippen LogP contribution is -2.44. The second-order valence-corrected chi connectivity index (χ2v) is 8.94. The van der Waals surface area contributed by atoms with E-state index in [2.05, 4.69) is 34.9 Å². The van der Waals surface area contributed by atoms with Gasteiger partial charge in [-0.2, -0.15) is 0 Å². The average Bonchev–Trinajstić information content (AvgIpc) is 3.10. The number of thiazole rings is 1. The van der Waals surface area contributed by atoms with E-state index in [9.17, 15) is 4.79 Å². The van der Waals surface area contributed by atoms with E-state index in [1.807, 2.05) is 23.1 Å². The number of amides is 1. The van der Waals surface area contributed by atoms with Gasteiger partial charge in [0.2, 0.25) is 0 Å². The maximum absolute atomic E-state index is 13.1. The number of nitrogens with zero attached hydrogens (tertiary/aromatic N) is 4. The fourth-order valence-corrected chi connectivity index (χ4v) is 4.72. The molecule has 1 aromatic carbocycles. The Balaban J connectivity index is 1.69. The van der Waals surface area contributed by atoms with Crippen molar-refractivity contribution in [2.24, 2.45) is 0 Å². The number of rotatable bonds is 2. The smallest absolute Gasteiger partial charge is 0.277 e. The third-order valence-corrected chi connectivity index (χ3v) is 5.89. The van der Waals surface area contributed by atoms with Crippen LogP contribution in [0.3, 0.4) is 0 Å². The first kappa shape index (κ1) is 16.2. The van der Waals surface area contributed by atoms with Gasteiger partial charge in [0, 0.05) is 34.0 Å². The molecule has 1 aliphatic rings. The number of thioether (sulfide) groups is 1. The summed E-state index contributed by atoms with van der Waals surface area (Å²) >= 11 is 3.19. The summed E-state index contributed by atoms with van der Waals surface area (Å²) in [4.78, 5) is 28.9. The molecule has 4 rings (SSSR count). The monoisotopic (exact) mass is 368 g/mol. The van der Waals surface area contributed by atoms with Gasteiger partial charge in [-0.1, -0.05) is 12.1 Å².